The Bertz CT molecular complexity index is 642. The normalized spacial score (nSPS) is 22.1. The Morgan fingerprint density at radius 1 is 1.12 bits per heavy atom. The topological polar surface area (TPSA) is 23.8 Å². The van der Waals surface area contributed by atoms with E-state index in [1.54, 1.807) is 18.2 Å². The number of nitrogens with zero attached hydrogens (tertiary/aromatic N) is 1. The molecule has 1 aromatic carbocycles. The summed E-state index contributed by atoms with van der Waals surface area (Å²) in [4.78, 5) is 0. The van der Waals surface area contributed by atoms with Crippen LogP contribution in [0.4, 0.5) is 17.6 Å². The quantitative estimate of drug-likeness (QED) is 0.329. The Labute approximate surface area is 145 Å². The average Bonchev–Trinajstić information content (AvgIpc) is 2.61. The zero-order valence-corrected chi connectivity index (χ0v) is 13.9. The van der Waals surface area contributed by atoms with Crippen LogP contribution in [-0.4, -0.2) is 0 Å². The number of benzene rings is 1. The number of nitriles is 1. The molecule has 0 amide bonds. The van der Waals surface area contributed by atoms with E-state index in [0.29, 0.717) is 11.8 Å². The van der Waals surface area contributed by atoms with E-state index in [9.17, 15) is 17.6 Å². The highest BCUT2D eigenvalue weighted by Gasteiger charge is 2.30. The standard InChI is InChI=1S/C20H21F4N/c21-19(14-25)5-3-1-2-4-15-6-8-16(9-7-15)17-10-12-18(13-11-17)20(22,23)24/h1,3,5,10-13,15-16H,2,4,6-9H2/t15-,16-. The predicted octanol–water partition coefficient (Wildman–Crippen LogP) is 6.69. The summed E-state index contributed by atoms with van der Waals surface area (Å²) >= 11 is 0. The molecule has 1 saturated carbocycles. The maximum atomic E-state index is 12.6. The van der Waals surface area contributed by atoms with Crippen molar-refractivity contribution in [1.82, 2.24) is 0 Å². The van der Waals surface area contributed by atoms with E-state index in [1.165, 1.54) is 18.2 Å². The van der Waals surface area contributed by atoms with Crippen LogP contribution >= 0.6 is 0 Å². The van der Waals surface area contributed by atoms with Crippen LogP contribution in [0.2, 0.25) is 0 Å². The SMILES string of the molecule is N#CC(F)=CC=CCC[C@H]1CC[C@H](c2ccc(C(F)(F)F)cc2)CC1. The van der Waals surface area contributed by atoms with E-state index in [4.69, 9.17) is 5.26 Å². The van der Waals surface area contributed by atoms with Gasteiger partial charge in [-0.3, -0.25) is 0 Å². The molecule has 0 radical (unpaired) electrons. The number of hydrogen-bond donors (Lipinski definition) is 0. The first-order chi connectivity index (χ1) is 11.9. The minimum Gasteiger partial charge on any atom is -0.195 e. The summed E-state index contributed by atoms with van der Waals surface area (Å²) < 4.78 is 50.4. The van der Waals surface area contributed by atoms with Gasteiger partial charge in [0.15, 0.2) is 5.83 Å². The zero-order valence-electron chi connectivity index (χ0n) is 13.9. The van der Waals surface area contributed by atoms with Gasteiger partial charge in [0.1, 0.15) is 6.07 Å². The Morgan fingerprint density at radius 3 is 2.32 bits per heavy atom. The maximum Gasteiger partial charge on any atom is 0.416 e. The Hall–Kier alpha value is -2.09. The highest BCUT2D eigenvalue weighted by molar-refractivity contribution is 5.27. The second kappa shape index (κ2) is 8.84. The molecule has 0 heterocycles. The van der Waals surface area contributed by atoms with Crippen molar-refractivity contribution in [1.29, 1.82) is 5.26 Å². The van der Waals surface area contributed by atoms with Gasteiger partial charge in [-0.15, -0.1) is 0 Å². The van der Waals surface area contributed by atoms with Gasteiger partial charge in [0, 0.05) is 0 Å². The van der Waals surface area contributed by atoms with Crippen LogP contribution in [0.5, 0.6) is 0 Å². The fraction of sp³-hybridized carbons (Fsp3) is 0.450. The van der Waals surface area contributed by atoms with Gasteiger partial charge >= 0.3 is 6.18 Å². The fourth-order valence-electron chi connectivity index (χ4n) is 3.35. The van der Waals surface area contributed by atoms with Crippen LogP contribution < -0.4 is 0 Å². The van der Waals surface area contributed by atoms with Crippen LogP contribution in [0.15, 0.2) is 48.3 Å². The first-order valence-corrected chi connectivity index (χ1v) is 8.49. The lowest BCUT2D eigenvalue weighted by Gasteiger charge is -2.28. The molecule has 1 aliphatic rings. The molecule has 5 heteroatoms. The predicted molar refractivity (Wildman–Crippen MR) is 89.3 cm³/mol. The van der Waals surface area contributed by atoms with Crippen molar-refractivity contribution in [3.8, 4) is 6.07 Å². The van der Waals surface area contributed by atoms with E-state index >= 15 is 0 Å². The van der Waals surface area contributed by atoms with E-state index in [-0.39, 0.29) is 0 Å². The van der Waals surface area contributed by atoms with E-state index < -0.39 is 17.6 Å². The Morgan fingerprint density at radius 2 is 1.76 bits per heavy atom. The summed E-state index contributed by atoms with van der Waals surface area (Å²) in [5.74, 6) is 0.134. The van der Waals surface area contributed by atoms with Gasteiger partial charge in [-0.25, -0.2) is 0 Å². The minimum absolute atomic E-state index is 0.335. The summed E-state index contributed by atoms with van der Waals surface area (Å²) in [7, 11) is 0. The van der Waals surface area contributed by atoms with Crippen LogP contribution in [-0.2, 0) is 6.18 Å². The van der Waals surface area contributed by atoms with Crippen LogP contribution in [0.3, 0.4) is 0 Å². The number of halogens is 4. The smallest absolute Gasteiger partial charge is 0.195 e. The molecule has 1 aliphatic carbocycles. The molecule has 1 aromatic rings. The lowest BCUT2D eigenvalue weighted by atomic mass is 9.77. The molecule has 2 rings (SSSR count). The highest BCUT2D eigenvalue weighted by Crippen LogP contribution is 2.38. The van der Waals surface area contributed by atoms with Crippen LogP contribution in [0.1, 0.15) is 55.6 Å². The average molecular weight is 351 g/mol. The second-order valence-electron chi connectivity index (χ2n) is 6.47. The lowest BCUT2D eigenvalue weighted by Crippen LogP contribution is -2.13. The van der Waals surface area contributed by atoms with Crippen molar-refractivity contribution in [3.63, 3.8) is 0 Å². The summed E-state index contributed by atoms with van der Waals surface area (Å²) in [6.45, 7) is 0. The van der Waals surface area contributed by atoms with E-state index in [0.717, 1.165) is 50.2 Å². The molecule has 0 spiro atoms. The van der Waals surface area contributed by atoms with Crippen molar-refractivity contribution in [2.24, 2.45) is 5.92 Å². The number of hydrogen-bond acceptors (Lipinski definition) is 1. The third-order valence-electron chi connectivity index (χ3n) is 4.78. The molecular formula is C20H21F4N. The maximum absolute atomic E-state index is 12.6. The molecule has 25 heavy (non-hydrogen) atoms. The summed E-state index contributed by atoms with van der Waals surface area (Å²) in [6.07, 6.45) is 6.24. The van der Waals surface area contributed by atoms with Crippen molar-refractivity contribution in [2.75, 3.05) is 0 Å². The third-order valence-corrected chi connectivity index (χ3v) is 4.78. The number of rotatable bonds is 5. The van der Waals surface area contributed by atoms with Gasteiger partial charge in [0.2, 0.25) is 0 Å². The van der Waals surface area contributed by atoms with E-state index in [1.807, 2.05) is 6.08 Å². The molecule has 0 unspecified atom stereocenters. The monoisotopic (exact) mass is 351 g/mol. The molecule has 0 atom stereocenters. The molecule has 0 aliphatic heterocycles. The molecule has 0 bridgehead atoms. The molecule has 1 fully saturated rings. The summed E-state index contributed by atoms with van der Waals surface area (Å²) in [5.41, 5.74) is 0.391. The largest absolute Gasteiger partial charge is 0.416 e. The second-order valence-corrected chi connectivity index (χ2v) is 6.47. The molecule has 134 valence electrons. The van der Waals surface area contributed by atoms with Crippen molar-refractivity contribution in [3.05, 3.63) is 59.4 Å². The van der Waals surface area contributed by atoms with Crippen molar-refractivity contribution in [2.45, 2.75) is 50.6 Å². The van der Waals surface area contributed by atoms with Crippen molar-refractivity contribution < 1.29 is 17.6 Å². The summed E-state index contributed by atoms with van der Waals surface area (Å²) in [6, 6.07) is 6.96. The van der Waals surface area contributed by atoms with Crippen molar-refractivity contribution >= 4 is 0 Å². The summed E-state index contributed by atoms with van der Waals surface area (Å²) in [5, 5.41) is 8.29. The van der Waals surface area contributed by atoms with Gasteiger partial charge in [-0.05, 0) is 74.1 Å². The number of allylic oxidation sites excluding steroid dienone is 4. The molecule has 1 nitrogen and oxygen atoms in total. The first-order valence-electron chi connectivity index (χ1n) is 8.49. The first kappa shape index (κ1) is 19.2. The van der Waals surface area contributed by atoms with Crippen LogP contribution in [0, 0.1) is 17.2 Å². The Balaban J connectivity index is 1.77. The van der Waals surface area contributed by atoms with Gasteiger partial charge < -0.3 is 0 Å². The van der Waals surface area contributed by atoms with Crippen LogP contribution in [0.25, 0.3) is 0 Å². The number of alkyl halides is 3. The lowest BCUT2D eigenvalue weighted by molar-refractivity contribution is -0.137. The van der Waals surface area contributed by atoms with Gasteiger partial charge in [-0.2, -0.15) is 22.8 Å². The molecular weight excluding hydrogens is 330 g/mol. The highest BCUT2D eigenvalue weighted by atomic mass is 19.4. The van der Waals surface area contributed by atoms with Gasteiger partial charge in [0.05, 0.1) is 5.56 Å². The van der Waals surface area contributed by atoms with Gasteiger partial charge in [-0.1, -0.05) is 24.3 Å². The molecule has 0 aromatic heterocycles. The minimum atomic E-state index is -4.28. The molecule has 0 saturated heterocycles. The van der Waals surface area contributed by atoms with Gasteiger partial charge in [0.25, 0.3) is 0 Å². The molecule has 0 N–H and O–H groups in total. The van der Waals surface area contributed by atoms with E-state index in [2.05, 4.69) is 0 Å². The third kappa shape index (κ3) is 6.04. The zero-order chi connectivity index (χ0) is 18.3. The fourth-order valence-corrected chi connectivity index (χ4v) is 3.35. The Kier molecular flexibility index (Phi) is 6.81.